The second-order valence-corrected chi connectivity index (χ2v) is 5.09. The van der Waals surface area contributed by atoms with E-state index in [0.29, 0.717) is 12.1 Å². The number of nitrogens with one attached hydrogen (secondary N) is 1. The van der Waals surface area contributed by atoms with Crippen LogP contribution < -0.4 is 5.32 Å². The number of benzene rings is 1. The summed E-state index contributed by atoms with van der Waals surface area (Å²) in [6.07, 6.45) is 0. The highest BCUT2D eigenvalue weighted by Gasteiger charge is 2.06. The number of carbonyl (C=O) groups excluding carboxylic acids is 1. The highest BCUT2D eigenvalue weighted by atomic mass is 32.1. The molecule has 102 valence electrons. The zero-order valence-corrected chi connectivity index (χ0v) is 11.3. The van der Waals surface area contributed by atoms with E-state index in [0.717, 1.165) is 9.75 Å². The van der Waals surface area contributed by atoms with E-state index in [9.17, 15) is 9.18 Å². The summed E-state index contributed by atoms with van der Waals surface area (Å²) in [4.78, 5) is 13.6. The number of rotatable bonds is 3. The second kappa shape index (κ2) is 6.85. The third kappa shape index (κ3) is 3.92. The maximum atomic E-state index is 13.0. The first kappa shape index (κ1) is 14.3. The summed E-state index contributed by atoms with van der Waals surface area (Å²) in [5.74, 6) is 4.61. The van der Waals surface area contributed by atoms with E-state index in [1.807, 2.05) is 12.1 Å². The van der Waals surface area contributed by atoms with Crippen molar-refractivity contribution < 1.29 is 14.3 Å². The van der Waals surface area contributed by atoms with E-state index in [2.05, 4.69) is 17.2 Å². The normalized spacial score (nSPS) is 9.70. The van der Waals surface area contributed by atoms with Gasteiger partial charge in [-0.15, -0.1) is 11.3 Å². The first-order chi connectivity index (χ1) is 9.69. The number of aliphatic hydroxyl groups excluding tert-OH is 1. The maximum absolute atomic E-state index is 13.0. The van der Waals surface area contributed by atoms with Crippen molar-refractivity contribution in [3.8, 4) is 11.8 Å². The third-order valence-corrected chi connectivity index (χ3v) is 3.46. The molecule has 20 heavy (non-hydrogen) atoms. The number of thiophene rings is 1. The Labute approximate surface area is 120 Å². The van der Waals surface area contributed by atoms with Gasteiger partial charge in [0.15, 0.2) is 0 Å². The number of hydrogen-bond donors (Lipinski definition) is 2. The molecule has 0 atom stereocenters. The molecule has 1 aromatic heterocycles. The molecule has 2 rings (SSSR count). The first-order valence-corrected chi connectivity index (χ1v) is 6.73. The van der Waals surface area contributed by atoms with Gasteiger partial charge in [0.2, 0.25) is 0 Å². The van der Waals surface area contributed by atoms with Crippen molar-refractivity contribution >= 4 is 17.2 Å². The van der Waals surface area contributed by atoms with Gasteiger partial charge in [0.05, 0.1) is 11.4 Å². The van der Waals surface area contributed by atoms with Gasteiger partial charge in [-0.2, -0.15) is 0 Å². The van der Waals surface area contributed by atoms with Crippen LogP contribution in [-0.2, 0) is 6.54 Å². The molecular weight excluding hydrogens is 277 g/mol. The SMILES string of the molecule is O=C(NCc1ccc(C#CCO)s1)c1cccc(F)c1. The lowest BCUT2D eigenvalue weighted by Gasteiger charge is -2.03. The molecule has 0 saturated carbocycles. The molecular formula is C15H12FNO2S. The van der Waals surface area contributed by atoms with Crippen LogP contribution in [0, 0.1) is 17.7 Å². The number of amides is 1. The monoisotopic (exact) mass is 289 g/mol. The minimum atomic E-state index is -0.435. The average molecular weight is 289 g/mol. The third-order valence-electron chi connectivity index (χ3n) is 2.46. The summed E-state index contributed by atoms with van der Waals surface area (Å²) < 4.78 is 13.0. The Bertz CT molecular complexity index is 670. The lowest BCUT2D eigenvalue weighted by atomic mass is 10.2. The van der Waals surface area contributed by atoms with Crippen molar-refractivity contribution in [2.45, 2.75) is 6.54 Å². The standard InChI is InChI=1S/C15H12FNO2S/c16-12-4-1-3-11(9-12)15(19)17-10-14-7-6-13(20-14)5-2-8-18/h1,3-4,6-7,9,18H,8,10H2,(H,17,19). The van der Waals surface area contributed by atoms with Gasteiger partial charge in [-0.25, -0.2) is 4.39 Å². The van der Waals surface area contributed by atoms with Crippen LogP contribution in [0.25, 0.3) is 0 Å². The highest BCUT2D eigenvalue weighted by molar-refractivity contribution is 7.12. The number of halogens is 1. The van der Waals surface area contributed by atoms with Crippen LogP contribution in [0.15, 0.2) is 36.4 Å². The lowest BCUT2D eigenvalue weighted by molar-refractivity contribution is 0.0951. The van der Waals surface area contributed by atoms with Gasteiger partial charge in [-0.05, 0) is 30.3 Å². The average Bonchev–Trinajstić information content (AvgIpc) is 2.90. The Hall–Kier alpha value is -2.16. The molecule has 5 heteroatoms. The molecule has 1 amide bonds. The highest BCUT2D eigenvalue weighted by Crippen LogP contribution is 2.15. The van der Waals surface area contributed by atoms with Crippen LogP contribution in [0.5, 0.6) is 0 Å². The molecule has 0 radical (unpaired) electrons. The molecule has 0 saturated heterocycles. The van der Waals surface area contributed by atoms with Gasteiger partial charge in [0, 0.05) is 10.4 Å². The predicted octanol–water partition coefficient (Wildman–Crippen LogP) is 2.16. The van der Waals surface area contributed by atoms with Crippen LogP contribution in [0.4, 0.5) is 4.39 Å². The smallest absolute Gasteiger partial charge is 0.251 e. The Morgan fingerprint density at radius 3 is 2.95 bits per heavy atom. The number of hydrogen-bond acceptors (Lipinski definition) is 3. The molecule has 0 aliphatic carbocycles. The number of carbonyl (C=O) groups is 1. The largest absolute Gasteiger partial charge is 0.384 e. The summed E-state index contributed by atoms with van der Waals surface area (Å²) in [5.41, 5.74) is 0.293. The Morgan fingerprint density at radius 1 is 1.35 bits per heavy atom. The van der Waals surface area contributed by atoms with Crippen molar-refractivity contribution in [3.63, 3.8) is 0 Å². The van der Waals surface area contributed by atoms with Crippen molar-refractivity contribution in [1.29, 1.82) is 0 Å². The van der Waals surface area contributed by atoms with E-state index < -0.39 is 5.82 Å². The predicted molar refractivity (Wildman–Crippen MR) is 75.9 cm³/mol. The minimum absolute atomic E-state index is 0.177. The van der Waals surface area contributed by atoms with Gasteiger partial charge >= 0.3 is 0 Å². The Balaban J connectivity index is 1.95. The zero-order valence-electron chi connectivity index (χ0n) is 10.5. The first-order valence-electron chi connectivity index (χ1n) is 5.91. The molecule has 0 fully saturated rings. The van der Waals surface area contributed by atoms with Gasteiger partial charge in [0.1, 0.15) is 12.4 Å². The van der Waals surface area contributed by atoms with Crippen molar-refractivity contribution in [1.82, 2.24) is 5.32 Å². The molecule has 0 spiro atoms. The van der Waals surface area contributed by atoms with Gasteiger partial charge < -0.3 is 10.4 Å². The summed E-state index contributed by atoms with van der Waals surface area (Å²) in [7, 11) is 0. The Kier molecular flexibility index (Phi) is 4.88. The molecule has 0 aliphatic heterocycles. The second-order valence-electron chi connectivity index (χ2n) is 3.92. The summed E-state index contributed by atoms with van der Waals surface area (Å²) in [5, 5.41) is 11.3. The van der Waals surface area contributed by atoms with Gasteiger partial charge in [0.25, 0.3) is 5.91 Å². The molecule has 2 N–H and O–H groups in total. The van der Waals surface area contributed by atoms with E-state index in [4.69, 9.17) is 5.11 Å². The summed E-state index contributed by atoms with van der Waals surface area (Å²) >= 11 is 1.44. The lowest BCUT2D eigenvalue weighted by Crippen LogP contribution is -2.22. The van der Waals surface area contributed by atoms with Crippen LogP contribution in [-0.4, -0.2) is 17.6 Å². The van der Waals surface area contributed by atoms with Gasteiger partial charge in [-0.1, -0.05) is 17.9 Å². The van der Waals surface area contributed by atoms with E-state index in [1.165, 1.54) is 29.5 Å². The fourth-order valence-corrected chi connectivity index (χ4v) is 2.39. The van der Waals surface area contributed by atoms with Crippen molar-refractivity contribution in [3.05, 3.63) is 57.5 Å². The van der Waals surface area contributed by atoms with Crippen LogP contribution >= 0.6 is 11.3 Å². The topological polar surface area (TPSA) is 49.3 Å². The minimum Gasteiger partial charge on any atom is -0.384 e. The van der Waals surface area contributed by atoms with E-state index >= 15 is 0 Å². The summed E-state index contributed by atoms with van der Waals surface area (Å²) in [6, 6.07) is 9.24. The van der Waals surface area contributed by atoms with E-state index in [-0.39, 0.29) is 12.5 Å². The molecule has 3 nitrogen and oxygen atoms in total. The van der Waals surface area contributed by atoms with Gasteiger partial charge in [-0.3, -0.25) is 4.79 Å². The Morgan fingerprint density at radius 2 is 2.20 bits per heavy atom. The maximum Gasteiger partial charge on any atom is 0.251 e. The summed E-state index contributed by atoms with van der Waals surface area (Å²) in [6.45, 7) is 0.185. The molecule has 1 heterocycles. The molecule has 2 aromatic rings. The van der Waals surface area contributed by atoms with Crippen molar-refractivity contribution in [2.75, 3.05) is 6.61 Å². The van der Waals surface area contributed by atoms with Crippen LogP contribution in [0.1, 0.15) is 20.1 Å². The van der Waals surface area contributed by atoms with Crippen LogP contribution in [0.2, 0.25) is 0 Å². The van der Waals surface area contributed by atoms with Crippen LogP contribution in [0.3, 0.4) is 0 Å². The zero-order chi connectivity index (χ0) is 14.4. The van der Waals surface area contributed by atoms with E-state index in [1.54, 1.807) is 6.07 Å². The molecule has 0 bridgehead atoms. The molecule has 0 unspecified atom stereocenters. The quantitative estimate of drug-likeness (QED) is 0.851. The molecule has 1 aromatic carbocycles. The van der Waals surface area contributed by atoms with Crippen molar-refractivity contribution in [2.24, 2.45) is 0 Å². The number of aliphatic hydroxyl groups is 1. The fraction of sp³-hybridized carbons (Fsp3) is 0.133. The fourth-order valence-electron chi connectivity index (χ4n) is 1.57. The molecule has 0 aliphatic rings.